The summed E-state index contributed by atoms with van der Waals surface area (Å²) in [5.74, 6) is 0. The number of benzene rings is 1. The molecule has 13 heavy (non-hydrogen) atoms. The van der Waals surface area contributed by atoms with E-state index in [-0.39, 0.29) is 6.10 Å². The summed E-state index contributed by atoms with van der Waals surface area (Å²) in [6.07, 6.45) is 0.161. The summed E-state index contributed by atoms with van der Waals surface area (Å²) in [4.78, 5) is 0. The van der Waals surface area contributed by atoms with Crippen LogP contribution in [0.25, 0.3) is 5.57 Å². The maximum absolute atomic E-state index is 5.56. The van der Waals surface area contributed by atoms with E-state index in [0.717, 1.165) is 12.2 Å². The molecule has 0 radical (unpaired) electrons. The summed E-state index contributed by atoms with van der Waals surface area (Å²) >= 11 is 0. The predicted molar refractivity (Wildman–Crippen MR) is 54.5 cm³/mol. The summed E-state index contributed by atoms with van der Waals surface area (Å²) in [5, 5.41) is 0. The van der Waals surface area contributed by atoms with E-state index in [1.165, 1.54) is 16.7 Å². The second kappa shape index (κ2) is 3.00. The van der Waals surface area contributed by atoms with Gasteiger partial charge in [0.2, 0.25) is 0 Å². The van der Waals surface area contributed by atoms with Gasteiger partial charge in [0.05, 0.1) is 12.7 Å². The molecule has 0 saturated heterocycles. The van der Waals surface area contributed by atoms with E-state index in [1.54, 1.807) is 0 Å². The van der Waals surface area contributed by atoms with Crippen LogP contribution in [0.3, 0.4) is 0 Å². The second-order valence-electron chi connectivity index (χ2n) is 3.64. The Morgan fingerprint density at radius 1 is 1.46 bits per heavy atom. The van der Waals surface area contributed by atoms with Gasteiger partial charge in [0.15, 0.2) is 0 Å². The third kappa shape index (κ3) is 1.40. The van der Waals surface area contributed by atoms with Gasteiger partial charge in [-0.2, -0.15) is 0 Å². The van der Waals surface area contributed by atoms with Gasteiger partial charge in [-0.25, -0.2) is 0 Å². The summed E-state index contributed by atoms with van der Waals surface area (Å²) in [7, 11) is 0. The fourth-order valence-electron chi connectivity index (χ4n) is 1.65. The minimum Gasteiger partial charge on any atom is -0.369 e. The molecular formula is C12H14O. The molecule has 1 aliphatic rings. The molecule has 1 aliphatic heterocycles. The van der Waals surface area contributed by atoms with Crippen molar-refractivity contribution >= 4 is 5.57 Å². The lowest BCUT2D eigenvalue weighted by molar-refractivity contribution is 0.0832. The van der Waals surface area contributed by atoms with E-state index in [9.17, 15) is 0 Å². The maximum atomic E-state index is 5.56. The molecule has 0 spiro atoms. The average Bonchev–Trinajstić information content (AvgIpc) is 2.12. The first-order valence-corrected chi connectivity index (χ1v) is 4.59. The molecule has 0 N–H and O–H groups in total. The van der Waals surface area contributed by atoms with E-state index in [4.69, 9.17) is 4.74 Å². The molecule has 0 fully saturated rings. The molecule has 1 nitrogen and oxygen atoms in total. The Bertz CT molecular complexity index is 352. The standard InChI is InChI=1S/C12H14O/c1-8-4-5-11-7-13-10(3)9(2)12(11)6-8/h4-6,10H,2,7H2,1,3H3. The van der Waals surface area contributed by atoms with Crippen LogP contribution >= 0.6 is 0 Å². The van der Waals surface area contributed by atoms with Crippen molar-refractivity contribution in [2.24, 2.45) is 0 Å². The highest BCUT2D eigenvalue weighted by Crippen LogP contribution is 2.29. The van der Waals surface area contributed by atoms with Crippen molar-refractivity contribution in [3.8, 4) is 0 Å². The van der Waals surface area contributed by atoms with Crippen molar-refractivity contribution in [3.05, 3.63) is 41.5 Å². The monoisotopic (exact) mass is 174 g/mol. The maximum Gasteiger partial charge on any atom is 0.0801 e. The summed E-state index contributed by atoms with van der Waals surface area (Å²) in [6, 6.07) is 6.43. The third-order valence-electron chi connectivity index (χ3n) is 2.59. The molecule has 1 aromatic carbocycles. The van der Waals surface area contributed by atoms with Gasteiger partial charge in [0, 0.05) is 0 Å². The molecule has 1 unspecified atom stereocenters. The number of rotatable bonds is 0. The van der Waals surface area contributed by atoms with Crippen molar-refractivity contribution in [1.82, 2.24) is 0 Å². The van der Waals surface area contributed by atoms with Gasteiger partial charge in [-0.3, -0.25) is 0 Å². The lowest BCUT2D eigenvalue weighted by Crippen LogP contribution is -2.17. The third-order valence-corrected chi connectivity index (χ3v) is 2.59. The zero-order valence-corrected chi connectivity index (χ0v) is 8.13. The minimum atomic E-state index is 0.161. The Balaban J connectivity index is 2.51. The molecule has 0 amide bonds. The summed E-state index contributed by atoms with van der Waals surface area (Å²) in [6.45, 7) is 8.92. The van der Waals surface area contributed by atoms with Gasteiger partial charge in [-0.05, 0) is 30.5 Å². The van der Waals surface area contributed by atoms with Crippen molar-refractivity contribution in [2.75, 3.05) is 0 Å². The van der Waals surface area contributed by atoms with E-state index >= 15 is 0 Å². The smallest absolute Gasteiger partial charge is 0.0801 e. The highest BCUT2D eigenvalue weighted by molar-refractivity contribution is 5.70. The molecule has 1 atom stereocenters. The number of aryl methyl sites for hydroxylation is 1. The number of fused-ring (bicyclic) bond motifs is 1. The predicted octanol–water partition coefficient (Wildman–Crippen LogP) is 2.93. The molecule has 1 heteroatoms. The van der Waals surface area contributed by atoms with Crippen LogP contribution in [-0.2, 0) is 11.3 Å². The SMILES string of the molecule is C=C1c2cc(C)ccc2COC1C. The molecule has 0 saturated carbocycles. The Morgan fingerprint density at radius 2 is 2.23 bits per heavy atom. The zero-order chi connectivity index (χ0) is 9.42. The zero-order valence-electron chi connectivity index (χ0n) is 8.13. The van der Waals surface area contributed by atoms with Crippen molar-refractivity contribution in [3.63, 3.8) is 0 Å². The first-order valence-electron chi connectivity index (χ1n) is 4.59. The van der Waals surface area contributed by atoms with Crippen LogP contribution in [0.1, 0.15) is 23.6 Å². The van der Waals surface area contributed by atoms with Crippen LogP contribution in [-0.4, -0.2) is 6.10 Å². The lowest BCUT2D eigenvalue weighted by atomic mass is 9.94. The van der Waals surface area contributed by atoms with Gasteiger partial charge in [0.25, 0.3) is 0 Å². The normalized spacial score (nSPS) is 21.4. The first-order chi connectivity index (χ1) is 6.18. The van der Waals surface area contributed by atoms with Crippen LogP contribution in [0.5, 0.6) is 0 Å². The Hall–Kier alpha value is -1.08. The van der Waals surface area contributed by atoms with E-state index in [1.807, 2.05) is 6.92 Å². The number of ether oxygens (including phenoxy) is 1. The van der Waals surface area contributed by atoms with Gasteiger partial charge in [0.1, 0.15) is 0 Å². The van der Waals surface area contributed by atoms with E-state index in [2.05, 4.69) is 31.7 Å². The topological polar surface area (TPSA) is 9.23 Å². The quantitative estimate of drug-likeness (QED) is 0.587. The van der Waals surface area contributed by atoms with Crippen LogP contribution in [0.2, 0.25) is 0 Å². The van der Waals surface area contributed by atoms with Crippen molar-refractivity contribution in [1.29, 1.82) is 0 Å². The Kier molecular flexibility index (Phi) is 1.97. The molecule has 0 bridgehead atoms. The highest BCUT2D eigenvalue weighted by Gasteiger charge is 2.18. The fourth-order valence-corrected chi connectivity index (χ4v) is 1.65. The average molecular weight is 174 g/mol. The van der Waals surface area contributed by atoms with Crippen molar-refractivity contribution in [2.45, 2.75) is 26.6 Å². The Morgan fingerprint density at radius 3 is 3.00 bits per heavy atom. The van der Waals surface area contributed by atoms with Crippen LogP contribution < -0.4 is 0 Å². The summed E-state index contributed by atoms with van der Waals surface area (Å²) in [5.41, 5.74) is 4.92. The minimum absolute atomic E-state index is 0.161. The molecule has 0 aromatic heterocycles. The van der Waals surface area contributed by atoms with Crippen LogP contribution in [0, 0.1) is 6.92 Å². The Labute approximate surface area is 79.0 Å². The molecule has 0 aliphatic carbocycles. The first kappa shape index (κ1) is 8.52. The fraction of sp³-hybridized carbons (Fsp3) is 0.333. The number of hydrogen-bond acceptors (Lipinski definition) is 1. The van der Waals surface area contributed by atoms with E-state index < -0.39 is 0 Å². The number of hydrogen-bond donors (Lipinski definition) is 0. The van der Waals surface area contributed by atoms with Crippen LogP contribution in [0.15, 0.2) is 24.8 Å². The van der Waals surface area contributed by atoms with Gasteiger partial charge < -0.3 is 4.74 Å². The van der Waals surface area contributed by atoms with Crippen molar-refractivity contribution < 1.29 is 4.74 Å². The molecule has 1 aromatic rings. The molecular weight excluding hydrogens is 160 g/mol. The molecule has 2 rings (SSSR count). The highest BCUT2D eigenvalue weighted by atomic mass is 16.5. The van der Waals surface area contributed by atoms with Gasteiger partial charge in [-0.15, -0.1) is 0 Å². The largest absolute Gasteiger partial charge is 0.369 e. The lowest BCUT2D eigenvalue weighted by Gasteiger charge is -2.25. The summed E-state index contributed by atoms with van der Waals surface area (Å²) < 4.78 is 5.56. The molecule has 1 heterocycles. The van der Waals surface area contributed by atoms with E-state index in [0.29, 0.717) is 0 Å². The van der Waals surface area contributed by atoms with Crippen LogP contribution in [0.4, 0.5) is 0 Å². The second-order valence-corrected chi connectivity index (χ2v) is 3.64. The van der Waals surface area contributed by atoms with Gasteiger partial charge in [-0.1, -0.05) is 30.3 Å². The molecule has 68 valence electrons. The van der Waals surface area contributed by atoms with Gasteiger partial charge >= 0.3 is 0 Å².